The van der Waals surface area contributed by atoms with Crippen LogP contribution in [0.15, 0.2) is 27.9 Å². The number of aryl methyl sites for hydroxylation is 1. The fourth-order valence-corrected chi connectivity index (χ4v) is 3.79. The third-order valence-corrected chi connectivity index (χ3v) is 5.02. The minimum Gasteiger partial charge on any atom is -0.462 e. The average Bonchev–Trinajstić information content (AvgIpc) is 2.66. The van der Waals surface area contributed by atoms with E-state index in [2.05, 4.69) is 15.0 Å². The molecule has 3 heterocycles. The Labute approximate surface area is 164 Å². The van der Waals surface area contributed by atoms with Crippen LogP contribution in [0, 0.1) is 12.7 Å². The number of aromatic amines is 2. The van der Waals surface area contributed by atoms with Gasteiger partial charge in [0.1, 0.15) is 11.4 Å². The number of nitrogens with one attached hydrogen (secondary N) is 2. The molecule has 0 saturated heterocycles. The molecular formula is C20H19FN4O4. The van der Waals surface area contributed by atoms with Gasteiger partial charge in [0.2, 0.25) is 0 Å². The molecule has 3 aromatic rings. The molecule has 0 spiro atoms. The number of carbonyl (C=O) groups excluding carboxylic acids is 1. The molecule has 2 aromatic heterocycles. The van der Waals surface area contributed by atoms with E-state index >= 15 is 0 Å². The van der Waals surface area contributed by atoms with E-state index in [-0.39, 0.29) is 18.7 Å². The van der Waals surface area contributed by atoms with Crippen molar-refractivity contribution in [3.05, 3.63) is 67.4 Å². The number of pyridine rings is 1. The number of H-pyrrole nitrogens is 2. The summed E-state index contributed by atoms with van der Waals surface area (Å²) in [5, 5.41) is 0.476. The molecule has 4 rings (SSSR count). The number of nitrogens with zero attached hydrogens (tertiary/aromatic N) is 2. The molecule has 0 amide bonds. The maximum atomic E-state index is 14.2. The quantitative estimate of drug-likeness (QED) is 0.652. The molecule has 9 heteroatoms. The molecule has 8 nitrogen and oxygen atoms in total. The van der Waals surface area contributed by atoms with Gasteiger partial charge in [0.15, 0.2) is 0 Å². The third kappa shape index (κ3) is 3.28. The highest BCUT2D eigenvalue weighted by molar-refractivity contribution is 6.06. The van der Waals surface area contributed by atoms with Crippen molar-refractivity contribution in [3.8, 4) is 0 Å². The van der Waals surface area contributed by atoms with Crippen molar-refractivity contribution >= 4 is 22.6 Å². The van der Waals surface area contributed by atoms with Crippen LogP contribution >= 0.6 is 0 Å². The van der Waals surface area contributed by atoms with Crippen molar-refractivity contribution in [1.82, 2.24) is 15.0 Å². The smallest absolute Gasteiger partial charge is 0.341 e. The van der Waals surface area contributed by atoms with Gasteiger partial charge in [-0.1, -0.05) is 0 Å². The van der Waals surface area contributed by atoms with Gasteiger partial charge in [-0.15, -0.1) is 0 Å². The van der Waals surface area contributed by atoms with E-state index < -0.39 is 23.0 Å². The first-order chi connectivity index (χ1) is 13.9. The fourth-order valence-electron chi connectivity index (χ4n) is 3.79. The van der Waals surface area contributed by atoms with Crippen molar-refractivity contribution in [2.75, 3.05) is 18.1 Å². The first-order valence-corrected chi connectivity index (χ1v) is 9.24. The van der Waals surface area contributed by atoms with Gasteiger partial charge in [-0.05, 0) is 38.0 Å². The Morgan fingerprint density at radius 1 is 1.31 bits per heavy atom. The molecule has 1 aliphatic heterocycles. The summed E-state index contributed by atoms with van der Waals surface area (Å²) < 4.78 is 19.4. The number of halogens is 1. The molecule has 0 atom stereocenters. The van der Waals surface area contributed by atoms with E-state index in [1.807, 2.05) is 4.90 Å². The number of hydrogen-bond donors (Lipinski definition) is 2. The van der Waals surface area contributed by atoms with Crippen molar-refractivity contribution < 1.29 is 13.9 Å². The zero-order chi connectivity index (χ0) is 20.7. The topological polar surface area (TPSA) is 108 Å². The van der Waals surface area contributed by atoms with Crippen LogP contribution in [0.2, 0.25) is 0 Å². The summed E-state index contributed by atoms with van der Waals surface area (Å²) in [5.74, 6) is -1.01. The second-order valence-electron chi connectivity index (χ2n) is 6.90. The number of esters is 1. The molecule has 0 saturated carbocycles. The lowest BCUT2D eigenvalue weighted by Crippen LogP contribution is -2.39. The molecule has 0 bridgehead atoms. The number of anilines is 1. The van der Waals surface area contributed by atoms with Gasteiger partial charge in [0, 0.05) is 29.4 Å². The van der Waals surface area contributed by atoms with E-state index in [9.17, 15) is 18.8 Å². The summed E-state index contributed by atoms with van der Waals surface area (Å²) in [7, 11) is 0. The van der Waals surface area contributed by atoms with Crippen molar-refractivity contribution in [2.45, 2.75) is 26.8 Å². The summed E-state index contributed by atoms with van der Waals surface area (Å²) >= 11 is 0. The Morgan fingerprint density at radius 3 is 2.86 bits per heavy atom. The highest BCUT2D eigenvalue weighted by Crippen LogP contribution is 2.34. The molecule has 150 valence electrons. The van der Waals surface area contributed by atoms with Crippen LogP contribution in [-0.4, -0.2) is 34.1 Å². The van der Waals surface area contributed by atoms with Gasteiger partial charge in [-0.3, -0.25) is 14.8 Å². The zero-order valence-electron chi connectivity index (χ0n) is 16.0. The Balaban J connectivity index is 1.93. The Hall–Kier alpha value is -3.49. The van der Waals surface area contributed by atoms with Gasteiger partial charge in [-0.25, -0.2) is 14.0 Å². The zero-order valence-corrected chi connectivity index (χ0v) is 16.0. The molecule has 1 aromatic carbocycles. The molecule has 0 fully saturated rings. The predicted molar refractivity (Wildman–Crippen MR) is 105 cm³/mol. The monoisotopic (exact) mass is 398 g/mol. The summed E-state index contributed by atoms with van der Waals surface area (Å²) in [6.45, 7) is 4.22. The molecular weight excluding hydrogens is 379 g/mol. The molecule has 0 unspecified atom stereocenters. The van der Waals surface area contributed by atoms with E-state index in [0.717, 1.165) is 0 Å². The van der Waals surface area contributed by atoms with Gasteiger partial charge in [0.05, 0.1) is 24.4 Å². The number of carbonyl (C=O) groups is 1. The fraction of sp³-hybridized carbons (Fsp3) is 0.300. The number of benzene rings is 1. The van der Waals surface area contributed by atoms with Crippen LogP contribution in [0.25, 0.3) is 10.9 Å². The van der Waals surface area contributed by atoms with Crippen LogP contribution in [0.3, 0.4) is 0 Å². The summed E-state index contributed by atoms with van der Waals surface area (Å²) in [6, 6.07) is 2.72. The maximum absolute atomic E-state index is 14.2. The summed E-state index contributed by atoms with van der Waals surface area (Å²) in [6.07, 6.45) is 1.79. The van der Waals surface area contributed by atoms with Crippen molar-refractivity contribution in [1.29, 1.82) is 0 Å². The largest absolute Gasteiger partial charge is 0.462 e. The van der Waals surface area contributed by atoms with Crippen molar-refractivity contribution in [3.63, 3.8) is 0 Å². The number of ether oxygens (including phenoxy) is 1. The number of hydrogen-bond acceptors (Lipinski definition) is 6. The van der Waals surface area contributed by atoms with Gasteiger partial charge < -0.3 is 14.6 Å². The van der Waals surface area contributed by atoms with Crippen molar-refractivity contribution in [2.24, 2.45) is 0 Å². The van der Waals surface area contributed by atoms with Crippen LogP contribution in [0.4, 0.5) is 10.1 Å². The lowest BCUT2D eigenvalue weighted by molar-refractivity contribution is 0.0526. The Morgan fingerprint density at radius 2 is 2.10 bits per heavy atom. The highest BCUT2D eigenvalue weighted by atomic mass is 19.1. The average molecular weight is 398 g/mol. The lowest BCUT2D eigenvalue weighted by Gasteiger charge is -2.32. The van der Waals surface area contributed by atoms with Crippen LogP contribution in [0.1, 0.15) is 34.1 Å². The first-order valence-electron chi connectivity index (χ1n) is 9.24. The van der Waals surface area contributed by atoms with E-state index in [0.29, 0.717) is 46.4 Å². The maximum Gasteiger partial charge on any atom is 0.341 e. The summed E-state index contributed by atoms with van der Waals surface area (Å²) in [5.41, 5.74) is 1.84. The van der Waals surface area contributed by atoms with Gasteiger partial charge in [0.25, 0.3) is 5.56 Å². The molecule has 1 aliphatic rings. The second-order valence-corrected chi connectivity index (χ2v) is 6.90. The standard InChI is InChI=1S/C20H19FN4O4/c1-3-29-19(27)14-8-22-16-10(2)6-11(21)7-13(16)17(14)25-5-4-12-15(9-25)23-20(28)24-18(12)26/h6-8H,3-5,9H2,1-2H3,(H2,23,24,26,28). The Bertz CT molecular complexity index is 1250. The van der Waals surface area contributed by atoms with E-state index in [1.165, 1.54) is 18.3 Å². The third-order valence-electron chi connectivity index (χ3n) is 5.02. The minimum atomic E-state index is -0.595. The first kappa shape index (κ1) is 18.9. The predicted octanol–water partition coefficient (Wildman–Crippen LogP) is 1.80. The summed E-state index contributed by atoms with van der Waals surface area (Å²) in [4.78, 5) is 47.4. The van der Waals surface area contributed by atoms with Crippen LogP contribution in [0.5, 0.6) is 0 Å². The van der Waals surface area contributed by atoms with E-state index in [4.69, 9.17) is 4.74 Å². The molecule has 0 radical (unpaired) electrons. The Kier molecular flexibility index (Phi) is 4.65. The molecule has 29 heavy (non-hydrogen) atoms. The normalized spacial score (nSPS) is 13.4. The second kappa shape index (κ2) is 7.16. The minimum absolute atomic E-state index is 0.185. The number of rotatable bonds is 3. The molecule has 2 N–H and O–H groups in total. The molecule has 0 aliphatic carbocycles. The van der Waals surface area contributed by atoms with E-state index in [1.54, 1.807) is 13.8 Å². The highest BCUT2D eigenvalue weighted by Gasteiger charge is 2.27. The lowest BCUT2D eigenvalue weighted by atomic mass is 10.0. The number of fused-ring (bicyclic) bond motifs is 2. The van der Waals surface area contributed by atoms with Crippen LogP contribution in [-0.2, 0) is 17.7 Å². The van der Waals surface area contributed by atoms with Gasteiger partial charge in [-0.2, -0.15) is 0 Å². The van der Waals surface area contributed by atoms with Gasteiger partial charge >= 0.3 is 11.7 Å². The number of aromatic nitrogens is 3. The SMILES string of the molecule is CCOC(=O)c1cnc2c(C)cc(F)cc2c1N1CCc2c([nH]c(=O)[nH]c2=O)C1. The van der Waals surface area contributed by atoms with Crippen LogP contribution < -0.4 is 16.1 Å².